The third-order valence-corrected chi connectivity index (χ3v) is 1.83. The highest BCUT2D eigenvalue weighted by atomic mass is 15.1. The molecule has 2 nitrogen and oxygen atoms in total. The molecule has 0 saturated carbocycles. The maximum Gasteiger partial charge on any atom is 0.0454 e. The molecule has 0 spiro atoms. The standard InChI is InChI=1S/C7H16N2/c1-7(2)3-4-8-6-9-5-7/h8-9H,3-6H2,1-2H3. The summed E-state index contributed by atoms with van der Waals surface area (Å²) in [6.07, 6.45) is 1.28. The smallest absolute Gasteiger partial charge is 0.0454 e. The molecule has 0 bridgehead atoms. The van der Waals surface area contributed by atoms with Crippen molar-refractivity contribution in [1.82, 2.24) is 10.6 Å². The number of hydrogen-bond donors (Lipinski definition) is 2. The lowest BCUT2D eigenvalue weighted by molar-refractivity contribution is 0.343. The highest BCUT2D eigenvalue weighted by molar-refractivity contribution is 4.74. The molecule has 54 valence electrons. The van der Waals surface area contributed by atoms with E-state index in [0.29, 0.717) is 5.41 Å². The van der Waals surface area contributed by atoms with Crippen LogP contribution in [0.3, 0.4) is 0 Å². The highest BCUT2D eigenvalue weighted by Gasteiger charge is 2.18. The summed E-state index contributed by atoms with van der Waals surface area (Å²) in [7, 11) is 0. The molecule has 0 aromatic rings. The van der Waals surface area contributed by atoms with Crippen LogP contribution in [0.25, 0.3) is 0 Å². The largest absolute Gasteiger partial charge is 0.304 e. The van der Waals surface area contributed by atoms with Crippen molar-refractivity contribution in [3.63, 3.8) is 0 Å². The fraction of sp³-hybridized carbons (Fsp3) is 1.00. The van der Waals surface area contributed by atoms with Crippen LogP contribution >= 0.6 is 0 Å². The van der Waals surface area contributed by atoms with Gasteiger partial charge in [0.05, 0.1) is 0 Å². The lowest BCUT2D eigenvalue weighted by atomic mass is 9.90. The molecular weight excluding hydrogens is 112 g/mol. The van der Waals surface area contributed by atoms with Gasteiger partial charge in [-0.15, -0.1) is 0 Å². The van der Waals surface area contributed by atoms with Gasteiger partial charge in [-0.25, -0.2) is 0 Å². The first-order valence-corrected chi connectivity index (χ1v) is 3.62. The molecule has 0 atom stereocenters. The SMILES string of the molecule is CC1(C)CCNCNC1. The van der Waals surface area contributed by atoms with Crippen LogP contribution in [0.2, 0.25) is 0 Å². The second-order valence-corrected chi connectivity index (χ2v) is 3.52. The molecule has 0 radical (unpaired) electrons. The summed E-state index contributed by atoms with van der Waals surface area (Å²) >= 11 is 0. The van der Waals surface area contributed by atoms with Crippen molar-refractivity contribution in [2.75, 3.05) is 19.8 Å². The van der Waals surface area contributed by atoms with Gasteiger partial charge in [0.15, 0.2) is 0 Å². The maximum absolute atomic E-state index is 3.33. The Bertz CT molecular complexity index is 78.9. The Morgan fingerprint density at radius 3 is 2.78 bits per heavy atom. The van der Waals surface area contributed by atoms with Gasteiger partial charge in [-0.1, -0.05) is 13.8 Å². The van der Waals surface area contributed by atoms with E-state index in [9.17, 15) is 0 Å². The van der Waals surface area contributed by atoms with Gasteiger partial charge >= 0.3 is 0 Å². The normalized spacial score (nSPS) is 27.3. The van der Waals surface area contributed by atoms with Crippen LogP contribution in [0.1, 0.15) is 20.3 Å². The fourth-order valence-electron chi connectivity index (χ4n) is 1.09. The van der Waals surface area contributed by atoms with Crippen LogP contribution in [0.5, 0.6) is 0 Å². The van der Waals surface area contributed by atoms with Gasteiger partial charge in [0.1, 0.15) is 0 Å². The van der Waals surface area contributed by atoms with E-state index in [0.717, 1.165) is 19.8 Å². The number of nitrogens with one attached hydrogen (secondary N) is 2. The molecule has 1 saturated heterocycles. The molecule has 1 aliphatic rings. The highest BCUT2D eigenvalue weighted by Crippen LogP contribution is 2.18. The molecule has 1 heterocycles. The minimum Gasteiger partial charge on any atom is -0.304 e. The second kappa shape index (κ2) is 2.67. The average Bonchev–Trinajstić information content (AvgIpc) is 1.92. The molecule has 0 unspecified atom stereocenters. The van der Waals surface area contributed by atoms with Crippen LogP contribution in [-0.4, -0.2) is 19.8 Å². The lowest BCUT2D eigenvalue weighted by Crippen LogP contribution is -2.29. The van der Waals surface area contributed by atoms with Crippen molar-refractivity contribution in [2.24, 2.45) is 5.41 Å². The van der Waals surface area contributed by atoms with Gasteiger partial charge in [-0.05, 0) is 18.4 Å². The molecule has 1 aliphatic heterocycles. The van der Waals surface area contributed by atoms with Crippen molar-refractivity contribution < 1.29 is 0 Å². The molecule has 2 heteroatoms. The summed E-state index contributed by atoms with van der Waals surface area (Å²) in [5.41, 5.74) is 0.490. The van der Waals surface area contributed by atoms with Gasteiger partial charge in [0.2, 0.25) is 0 Å². The second-order valence-electron chi connectivity index (χ2n) is 3.52. The van der Waals surface area contributed by atoms with E-state index in [4.69, 9.17) is 0 Å². The van der Waals surface area contributed by atoms with Crippen LogP contribution < -0.4 is 10.6 Å². The zero-order valence-corrected chi connectivity index (χ0v) is 6.33. The summed E-state index contributed by atoms with van der Waals surface area (Å²) in [6, 6.07) is 0. The van der Waals surface area contributed by atoms with Crippen molar-refractivity contribution in [2.45, 2.75) is 20.3 Å². The van der Waals surface area contributed by atoms with E-state index in [1.54, 1.807) is 0 Å². The molecule has 9 heavy (non-hydrogen) atoms. The Balaban J connectivity index is 2.36. The zero-order valence-electron chi connectivity index (χ0n) is 6.33. The van der Waals surface area contributed by atoms with Gasteiger partial charge in [0, 0.05) is 13.2 Å². The van der Waals surface area contributed by atoms with Crippen LogP contribution in [0.4, 0.5) is 0 Å². The summed E-state index contributed by atoms with van der Waals surface area (Å²) in [6.45, 7) is 7.86. The third-order valence-electron chi connectivity index (χ3n) is 1.83. The fourth-order valence-corrected chi connectivity index (χ4v) is 1.09. The van der Waals surface area contributed by atoms with E-state index in [1.807, 2.05) is 0 Å². The summed E-state index contributed by atoms with van der Waals surface area (Å²) in [5, 5.41) is 6.62. The van der Waals surface area contributed by atoms with E-state index in [2.05, 4.69) is 24.5 Å². The van der Waals surface area contributed by atoms with Gasteiger partial charge in [0.25, 0.3) is 0 Å². The maximum atomic E-state index is 3.33. The van der Waals surface area contributed by atoms with Crippen LogP contribution in [-0.2, 0) is 0 Å². The van der Waals surface area contributed by atoms with E-state index < -0.39 is 0 Å². The molecule has 1 rings (SSSR count). The Morgan fingerprint density at radius 2 is 2.00 bits per heavy atom. The van der Waals surface area contributed by atoms with E-state index in [1.165, 1.54) is 6.42 Å². The van der Waals surface area contributed by atoms with Crippen molar-refractivity contribution >= 4 is 0 Å². The van der Waals surface area contributed by atoms with Crippen molar-refractivity contribution in [3.05, 3.63) is 0 Å². The Morgan fingerprint density at radius 1 is 1.22 bits per heavy atom. The Labute approximate surface area is 57.0 Å². The molecule has 0 aromatic heterocycles. The van der Waals surface area contributed by atoms with Crippen molar-refractivity contribution in [3.8, 4) is 0 Å². The van der Waals surface area contributed by atoms with E-state index in [-0.39, 0.29) is 0 Å². The lowest BCUT2D eigenvalue weighted by Gasteiger charge is -2.20. The molecule has 1 fully saturated rings. The average molecular weight is 128 g/mol. The topological polar surface area (TPSA) is 24.1 Å². The molecule has 2 N–H and O–H groups in total. The predicted molar refractivity (Wildman–Crippen MR) is 39.3 cm³/mol. The Hall–Kier alpha value is -0.0800. The molecule has 0 amide bonds. The van der Waals surface area contributed by atoms with Crippen molar-refractivity contribution in [1.29, 1.82) is 0 Å². The summed E-state index contributed by atoms with van der Waals surface area (Å²) in [4.78, 5) is 0. The number of rotatable bonds is 0. The van der Waals surface area contributed by atoms with Crippen LogP contribution in [0.15, 0.2) is 0 Å². The molecule has 0 aliphatic carbocycles. The summed E-state index contributed by atoms with van der Waals surface area (Å²) < 4.78 is 0. The molecule has 0 aromatic carbocycles. The van der Waals surface area contributed by atoms with Gasteiger partial charge in [-0.2, -0.15) is 0 Å². The first-order chi connectivity index (χ1) is 4.21. The van der Waals surface area contributed by atoms with Crippen LogP contribution in [0, 0.1) is 5.41 Å². The number of hydrogen-bond acceptors (Lipinski definition) is 2. The third kappa shape index (κ3) is 2.33. The van der Waals surface area contributed by atoms with E-state index >= 15 is 0 Å². The first-order valence-electron chi connectivity index (χ1n) is 3.62. The zero-order chi connectivity index (χ0) is 6.74. The quantitative estimate of drug-likeness (QED) is 0.498. The molecular formula is C7H16N2. The minimum atomic E-state index is 0.490. The first kappa shape index (κ1) is 7.03. The predicted octanol–water partition coefficient (Wildman–Crippen LogP) is 0.553. The van der Waals surface area contributed by atoms with Gasteiger partial charge in [-0.3, -0.25) is 0 Å². The Kier molecular flexibility index (Phi) is 2.09. The van der Waals surface area contributed by atoms with Gasteiger partial charge < -0.3 is 10.6 Å². The monoisotopic (exact) mass is 128 g/mol. The minimum absolute atomic E-state index is 0.490. The summed E-state index contributed by atoms with van der Waals surface area (Å²) in [5.74, 6) is 0.